The molecule has 2 rings (SSSR count). The van der Waals surface area contributed by atoms with Gasteiger partial charge in [-0.15, -0.1) is 0 Å². The van der Waals surface area contributed by atoms with Gasteiger partial charge in [0.05, 0.1) is 0 Å². The minimum atomic E-state index is -2.38. The molecule has 0 saturated carbocycles. The zero-order valence-corrected chi connectivity index (χ0v) is 15.9. The van der Waals surface area contributed by atoms with Crippen LogP contribution in [0, 0.1) is 0 Å². The molecule has 1 heterocycles. The molecular weight excluding hydrogens is 359 g/mol. The van der Waals surface area contributed by atoms with Gasteiger partial charge in [-0.05, 0) is 0 Å². The van der Waals surface area contributed by atoms with Crippen molar-refractivity contribution in [1.29, 1.82) is 0 Å². The number of hydrogen-bond acceptors (Lipinski definition) is 3. The Hall–Kier alpha value is -1.04. The first-order chi connectivity index (χ1) is 9.09. The molecule has 0 spiro atoms. The van der Waals surface area contributed by atoms with E-state index in [9.17, 15) is 4.79 Å². The maximum absolute atomic E-state index is 12.3. The molecule has 0 aliphatic heterocycles. The van der Waals surface area contributed by atoms with Gasteiger partial charge >= 0.3 is 124 Å². The van der Waals surface area contributed by atoms with Crippen LogP contribution in [-0.2, 0) is 4.74 Å². The molecule has 5 heteroatoms. The molecule has 0 bridgehead atoms. The molecule has 1 aromatic heterocycles. The fourth-order valence-corrected chi connectivity index (χ4v) is 6.12. The number of fused-ring (bicyclic) bond motifs is 1. The third-order valence-corrected chi connectivity index (χ3v) is 7.97. The van der Waals surface area contributed by atoms with Crippen molar-refractivity contribution in [3.8, 4) is 0 Å². The molecule has 2 aromatic rings. The Morgan fingerprint density at radius 1 is 1.20 bits per heavy atom. The predicted molar refractivity (Wildman–Crippen MR) is 84.3 cm³/mol. The van der Waals surface area contributed by atoms with E-state index in [0.29, 0.717) is 0 Å². The van der Waals surface area contributed by atoms with E-state index in [2.05, 4.69) is 19.9 Å². The van der Waals surface area contributed by atoms with Crippen molar-refractivity contribution in [3.63, 3.8) is 0 Å². The van der Waals surface area contributed by atoms with Crippen LogP contribution in [0.15, 0.2) is 24.3 Å². The van der Waals surface area contributed by atoms with E-state index >= 15 is 0 Å². The first kappa shape index (κ1) is 15.3. The quantitative estimate of drug-likeness (QED) is 0.712. The number of carbonyl (C=O) groups is 1. The molecule has 20 heavy (non-hydrogen) atoms. The standard InChI is InChI=1S/C12H13N2O2.3CH3.Sn/c1-12(2,3)16-11(15)14-10-7-5-4-6-9(10)8-13-14;;;;/h4-7H,1-3H3;3*1H3;. The number of benzene rings is 1. The van der Waals surface area contributed by atoms with Gasteiger partial charge in [-0.1, -0.05) is 0 Å². The summed E-state index contributed by atoms with van der Waals surface area (Å²) < 4.78 is 7.97. The van der Waals surface area contributed by atoms with Crippen LogP contribution < -0.4 is 3.71 Å². The van der Waals surface area contributed by atoms with Gasteiger partial charge in [0.1, 0.15) is 0 Å². The van der Waals surface area contributed by atoms with Gasteiger partial charge in [0, 0.05) is 0 Å². The Labute approximate surface area is 124 Å². The monoisotopic (exact) mass is 382 g/mol. The van der Waals surface area contributed by atoms with Crippen LogP contribution >= 0.6 is 0 Å². The van der Waals surface area contributed by atoms with Crippen molar-refractivity contribution in [2.45, 2.75) is 41.2 Å². The summed E-state index contributed by atoms with van der Waals surface area (Å²) in [5.74, 6) is 0. The number of para-hydroxylation sites is 1. The Morgan fingerprint density at radius 3 is 2.35 bits per heavy atom. The zero-order chi connectivity index (χ0) is 15.1. The third kappa shape index (κ3) is 3.16. The second kappa shape index (κ2) is 5.06. The number of hydrogen-bond donors (Lipinski definition) is 0. The molecule has 0 N–H and O–H groups in total. The molecule has 0 unspecified atom stereocenters. The van der Waals surface area contributed by atoms with Gasteiger partial charge < -0.3 is 0 Å². The molecule has 0 aliphatic carbocycles. The molecule has 0 atom stereocenters. The summed E-state index contributed by atoms with van der Waals surface area (Å²) in [7, 11) is 0. The van der Waals surface area contributed by atoms with Gasteiger partial charge in [-0.2, -0.15) is 0 Å². The maximum atomic E-state index is 12.3. The Bertz CT molecular complexity index is 648. The van der Waals surface area contributed by atoms with Crippen LogP contribution in [0.5, 0.6) is 0 Å². The van der Waals surface area contributed by atoms with E-state index in [0.717, 1.165) is 14.6 Å². The van der Waals surface area contributed by atoms with Crippen LogP contribution in [0.3, 0.4) is 0 Å². The van der Waals surface area contributed by atoms with Gasteiger partial charge in [-0.25, -0.2) is 0 Å². The molecule has 4 nitrogen and oxygen atoms in total. The van der Waals surface area contributed by atoms with Gasteiger partial charge in [0.25, 0.3) is 0 Å². The Kier molecular flexibility index (Phi) is 3.88. The number of ether oxygens (including phenoxy) is 1. The molecule has 0 amide bonds. The molecular formula is C15H22N2O2Sn. The Morgan fingerprint density at radius 2 is 1.80 bits per heavy atom. The summed E-state index contributed by atoms with van der Waals surface area (Å²) in [4.78, 5) is 19.2. The number of carbonyl (C=O) groups excluding carboxylic acids is 1. The van der Waals surface area contributed by atoms with E-state index in [1.165, 1.54) is 4.68 Å². The summed E-state index contributed by atoms with van der Waals surface area (Å²) in [5, 5.41) is 5.67. The zero-order valence-electron chi connectivity index (χ0n) is 13.0. The number of nitrogens with zero attached hydrogens (tertiary/aromatic N) is 2. The summed E-state index contributed by atoms with van der Waals surface area (Å²) in [6, 6.07) is 7.88. The second-order valence-electron chi connectivity index (χ2n) is 7.01. The second-order valence-corrected chi connectivity index (χ2v) is 21.2. The van der Waals surface area contributed by atoms with Crippen LogP contribution in [0.2, 0.25) is 14.8 Å². The summed E-state index contributed by atoms with van der Waals surface area (Å²) in [6.07, 6.45) is -0.407. The van der Waals surface area contributed by atoms with Crippen molar-refractivity contribution >= 4 is 39.1 Å². The van der Waals surface area contributed by atoms with E-state index in [-0.39, 0.29) is 0 Å². The van der Waals surface area contributed by atoms with Crippen LogP contribution in [0.4, 0.5) is 4.79 Å². The normalized spacial score (nSPS) is 12.7. The van der Waals surface area contributed by atoms with Crippen molar-refractivity contribution < 1.29 is 9.53 Å². The van der Waals surface area contributed by atoms with E-state index in [1.54, 1.807) is 0 Å². The first-order valence-electron chi connectivity index (χ1n) is 6.81. The third-order valence-electron chi connectivity index (χ3n) is 2.86. The fourth-order valence-electron chi connectivity index (χ4n) is 2.06. The number of aromatic nitrogens is 2. The molecule has 0 radical (unpaired) electrons. The molecule has 0 saturated heterocycles. The minimum absolute atomic E-state index is 0.407. The summed E-state index contributed by atoms with van der Waals surface area (Å²) in [5.41, 5.74) is 0.318. The summed E-state index contributed by atoms with van der Waals surface area (Å²) >= 11 is -2.38. The van der Waals surface area contributed by atoms with Crippen LogP contribution in [-0.4, -0.2) is 39.9 Å². The number of rotatable bonds is 1. The van der Waals surface area contributed by atoms with Gasteiger partial charge in [0.15, 0.2) is 0 Å². The molecule has 0 fully saturated rings. The van der Waals surface area contributed by atoms with Crippen molar-refractivity contribution in [2.75, 3.05) is 0 Å². The Balaban J connectivity index is 2.58. The average Bonchev–Trinajstić information content (AvgIpc) is 2.65. The SMILES string of the molecule is CC(C)(C)OC(=O)n1n[c]([Sn]([CH3])([CH3])[CH3])c2ccccc21. The van der Waals surface area contributed by atoms with E-state index in [1.807, 2.05) is 45.0 Å². The van der Waals surface area contributed by atoms with Gasteiger partial charge in [0.2, 0.25) is 0 Å². The average molecular weight is 381 g/mol. The van der Waals surface area contributed by atoms with Gasteiger partial charge in [-0.3, -0.25) is 0 Å². The van der Waals surface area contributed by atoms with E-state index < -0.39 is 30.1 Å². The van der Waals surface area contributed by atoms with Crippen molar-refractivity contribution in [1.82, 2.24) is 9.78 Å². The summed E-state index contributed by atoms with van der Waals surface area (Å²) in [6.45, 7) is 5.58. The van der Waals surface area contributed by atoms with Crippen molar-refractivity contribution in [3.05, 3.63) is 24.3 Å². The molecule has 1 aromatic carbocycles. The molecule has 0 aliphatic rings. The fraction of sp³-hybridized carbons (Fsp3) is 0.467. The first-order valence-corrected chi connectivity index (χ1v) is 16.8. The van der Waals surface area contributed by atoms with Crippen LogP contribution in [0.25, 0.3) is 10.9 Å². The van der Waals surface area contributed by atoms with E-state index in [4.69, 9.17) is 4.74 Å². The van der Waals surface area contributed by atoms with Crippen LogP contribution in [0.1, 0.15) is 20.8 Å². The van der Waals surface area contributed by atoms with Crippen molar-refractivity contribution in [2.24, 2.45) is 0 Å². The predicted octanol–water partition coefficient (Wildman–Crippen LogP) is 3.36. The molecule has 108 valence electrons. The topological polar surface area (TPSA) is 44.1 Å².